The molecule has 0 fully saturated rings. The van der Waals surface area contributed by atoms with Gasteiger partial charge in [-0.3, -0.25) is 14.6 Å². The number of hydrogen-bond acceptors (Lipinski definition) is 4. The van der Waals surface area contributed by atoms with Gasteiger partial charge in [0.1, 0.15) is 12.1 Å². The lowest BCUT2D eigenvalue weighted by molar-refractivity contribution is -0.134. The fourth-order valence-corrected chi connectivity index (χ4v) is 3.10. The SMILES string of the molecule is CC1=C(CCONC(=O)CC=O)c2cc(F)ccc2C1=Cc1ccncc1. The average molecular weight is 366 g/mol. The second-order valence-electron chi connectivity index (χ2n) is 6.13. The summed E-state index contributed by atoms with van der Waals surface area (Å²) in [5.74, 6) is -0.795. The molecular formula is C21H19FN2O3. The number of halogens is 1. The van der Waals surface area contributed by atoms with Gasteiger partial charge in [0.2, 0.25) is 0 Å². The lowest BCUT2D eigenvalue weighted by atomic mass is 10.0. The molecule has 0 bridgehead atoms. The number of carbonyl (C=O) groups is 2. The van der Waals surface area contributed by atoms with Crippen molar-refractivity contribution in [2.75, 3.05) is 6.61 Å². The largest absolute Gasteiger partial charge is 0.303 e. The van der Waals surface area contributed by atoms with E-state index in [1.165, 1.54) is 12.1 Å². The first-order valence-corrected chi connectivity index (χ1v) is 8.56. The number of allylic oxidation sites excluding steroid dienone is 2. The van der Waals surface area contributed by atoms with Crippen LogP contribution in [-0.4, -0.2) is 23.8 Å². The molecule has 1 heterocycles. The lowest BCUT2D eigenvalue weighted by Crippen LogP contribution is -2.24. The first-order valence-electron chi connectivity index (χ1n) is 8.56. The van der Waals surface area contributed by atoms with E-state index in [1.54, 1.807) is 18.5 Å². The first kappa shape index (κ1) is 18.7. The Kier molecular flexibility index (Phi) is 5.88. The molecule has 1 N–H and O–H groups in total. The number of carbonyl (C=O) groups excluding carboxylic acids is 2. The number of aromatic nitrogens is 1. The highest BCUT2D eigenvalue weighted by Gasteiger charge is 2.24. The summed E-state index contributed by atoms with van der Waals surface area (Å²) >= 11 is 0. The molecule has 0 aliphatic heterocycles. The van der Waals surface area contributed by atoms with Gasteiger partial charge in [0.05, 0.1) is 13.0 Å². The zero-order chi connectivity index (χ0) is 19.2. The number of hydroxylamine groups is 1. The van der Waals surface area contributed by atoms with Gasteiger partial charge in [0.25, 0.3) is 5.91 Å². The Hall–Kier alpha value is -3.12. The van der Waals surface area contributed by atoms with Crippen LogP contribution in [-0.2, 0) is 14.4 Å². The van der Waals surface area contributed by atoms with Crippen LogP contribution < -0.4 is 5.48 Å². The topological polar surface area (TPSA) is 68.3 Å². The minimum absolute atomic E-state index is 0.218. The van der Waals surface area contributed by atoms with Gasteiger partial charge < -0.3 is 4.79 Å². The van der Waals surface area contributed by atoms with Gasteiger partial charge in [-0.25, -0.2) is 9.87 Å². The number of hydrogen-bond donors (Lipinski definition) is 1. The number of fused-ring (bicyclic) bond motifs is 1. The van der Waals surface area contributed by atoms with Crippen molar-refractivity contribution in [2.24, 2.45) is 0 Å². The third-order valence-corrected chi connectivity index (χ3v) is 4.38. The van der Waals surface area contributed by atoms with E-state index in [-0.39, 0.29) is 18.8 Å². The van der Waals surface area contributed by atoms with Crippen LogP contribution in [0.15, 0.2) is 48.3 Å². The molecule has 1 aromatic heterocycles. The molecule has 1 aliphatic carbocycles. The number of pyridine rings is 1. The Morgan fingerprint density at radius 2 is 2.00 bits per heavy atom. The molecule has 6 heteroatoms. The standard InChI is InChI=1S/C21H19FN2O3/c1-14-17(7-11-27-24-21(26)6-10-25)20-13-16(22)2-3-18(20)19(14)12-15-4-8-23-9-5-15/h2-5,8-10,12-13H,6-7,11H2,1H3,(H,24,26). The summed E-state index contributed by atoms with van der Waals surface area (Å²) < 4.78 is 13.8. The summed E-state index contributed by atoms with van der Waals surface area (Å²) in [4.78, 5) is 30.7. The Labute approximate surface area is 156 Å². The van der Waals surface area contributed by atoms with E-state index in [2.05, 4.69) is 10.5 Å². The fourth-order valence-electron chi connectivity index (χ4n) is 3.10. The van der Waals surface area contributed by atoms with E-state index in [0.717, 1.165) is 33.4 Å². The molecule has 0 unspecified atom stereocenters. The van der Waals surface area contributed by atoms with Crippen LogP contribution in [0.2, 0.25) is 0 Å². The average Bonchev–Trinajstić information content (AvgIpc) is 2.91. The van der Waals surface area contributed by atoms with Crippen molar-refractivity contribution in [3.8, 4) is 0 Å². The summed E-state index contributed by atoms with van der Waals surface area (Å²) in [5, 5.41) is 0. The molecule has 138 valence electrons. The predicted octanol–water partition coefficient (Wildman–Crippen LogP) is 3.58. The summed E-state index contributed by atoms with van der Waals surface area (Å²) in [6.45, 7) is 2.21. The molecule has 3 rings (SSSR count). The van der Waals surface area contributed by atoms with E-state index < -0.39 is 5.91 Å². The fraction of sp³-hybridized carbons (Fsp3) is 0.190. The molecule has 1 amide bonds. The molecule has 0 spiro atoms. The smallest absolute Gasteiger partial charge is 0.250 e. The first-order chi connectivity index (χ1) is 13.1. The van der Waals surface area contributed by atoms with Gasteiger partial charge in [-0.15, -0.1) is 0 Å². The van der Waals surface area contributed by atoms with Crippen molar-refractivity contribution in [1.29, 1.82) is 0 Å². The Morgan fingerprint density at radius 1 is 1.22 bits per heavy atom. The van der Waals surface area contributed by atoms with Crippen LogP contribution in [0.4, 0.5) is 4.39 Å². The molecule has 0 saturated carbocycles. The zero-order valence-corrected chi connectivity index (χ0v) is 14.9. The maximum atomic E-state index is 13.8. The molecular weight excluding hydrogens is 347 g/mol. The van der Waals surface area contributed by atoms with Gasteiger partial charge in [-0.05, 0) is 77.1 Å². The summed E-state index contributed by atoms with van der Waals surface area (Å²) in [7, 11) is 0. The molecule has 0 saturated heterocycles. The number of benzene rings is 1. The zero-order valence-electron chi connectivity index (χ0n) is 14.9. The molecule has 0 radical (unpaired) electrons. The number of amides is 1. The molecule has 1 aliphatic rings. The normalized spacial score (nSPS) is 14.4. The van der Waals surface area contributed by atoms with E-state index in [4.69, 9.17) is 4.84 Å². The monoisotopic (exact) mass is 366 g/mol. The van der Waals surface area contributed by atoms with Gasteiger partial charge in [0.15, 0.2) is 0 Å². The molecule has 0 atom stereocenters. The third-order valence-electron chi connectivity index (χ3n) is 4.38. The minimum Gasteiger partial charge on any atom is -0.303 e. The Morgan fingerprint density at radius 3 is 2.74 bits per heavy atom. The van der Waals surface area contributed by atoms with Crippen LogP contribution in [0.25, 0.3) is 17.2 Å². The summed E-state index contributed by atoms with van der Waals surface area (Å²) in [6, 6.07) is 8.57. The molecule has 27 heavy (non-hydrogen) atoms. The lowest BCUT2D eigenvalue weighted by Gasteiger charge is -2.08. The van der Waals surface area contributed by atoms with Crippen molar-refractivity contribution in [3.05, 3.63) is 70.8 Å². The van der Waals surface area contributed by atoms with E-state index in [9.17, 15) is 14.0 Å². The minimum atomic E-state index is -0.494. The number of aldehydes is 1. The van der Waals surface area contributed by atoms with Crippen molar-refractivity contribution < 1.29 is 18.8 Å². The highest BCUT2D eigenvalue weighted by molar-refractivity contribution is 6.05. The van der Waals surface area contributed by atoms with Gasteiger partial charge in [0, 0.05) is 12.4 Å². The molecule has 5 nitrogen and oxygen atoms in total. The van der Waals surface area contributed by atoms with Gasteiger partial charge >= 0.3 is 0 Å². The van der Waals surface area contributed by atoms with E-state index >= 15 is 0 Å². The third kappa shape index (κ3) is 4.35. The maximum Gasteiger partial charge on any atom is 0.250 e. The highest BCUT2D eigenvalue weighted by atomic mass is 19.1. The van der Waals surface area contributed by atoms with Crippen molar-refractivity contribution in [1.82, 2.24) is 10.5 Å². The van der Waals surface area contributed by atoms with Crippen LogP contribution >= 0.6 is 0 Å². The highest BCUT2D eigenvalue weighted by Crippen LogP contribution is 2.43. The van der Waals surface area contributed by atoms with E-state index in [1.807, 2.05) is 25.1 Å². The summed E-state index contributed by atoms with van der Waals surface area (Å²) in [6.07, 6.45) is 6.27. The Bertz CT molecular complexity index is 920. The van der Waals surface area contributed by atoms with Crippen LogP contribution in [0.1, 0.15) is 36.5 Å². The van der Waals surface area contributed by atoms with Crippen molar-refractivity contribution in [3.63, 3.8) is 0 Å². The molecule has 2 aromatic rings. The summed E-state index contributed by atoms with van der Waals surface area (Å²) in [5.41, 5.74) is 8.05. The number of nitrogens with zero attached hydrogens (tertiary/aromatic N) is 1. The van der Waals surface area contributed by atoms with Gasteiger partial charge in [-0.1, -0.05) is 6.07 Å². The number of nitrogens with one attached hydrogen (secondary N) is 1. The molecule has 1 aromatic carbocycles. The van der Waals surface area contributed by atoms with Crippen LogP contribution in [0.3, 0.4) is 0 Å². The maximum absolute atomic E-state index is 13.8. The number of rotatable bonds is 7. The predicted molar refractivity (Wildman–Crippen MR) is 100 cm³/mol. The van der Waals surface area contributed by atoms with E-state index in [0.29, 0.717) is 12.7 Å². The second-order valence-corrected chi connectivity index (χ2v) is 6.13. The van der Waals surface area contributed by atoms with Crippen LogP contribution in [0.5, 0.6) is 0 Å². The van der Waals surface area contributed by atoms with Crippen LogP contribution in [0, 0.1) is 5.82 Å². The second kappa shape index (κ2) is 8.51. The quantitative estimate of drug-likeness (QED) is 0.352. The Balaban J connectivity index is 1.83. The van der Waals surface area contributed by atoms with Gasteiger partial charge in [-0.2, -0.15) is 0 Å². The van der Waals surface area contributed by atoms with Crippen molar-refractivity contribution in [2.45, 2.75) is 19.8 Å². The van der Waals surface area contributed by atoms with Crippen molar-refractivity contribution >= 4 is 29.4 Å².